The highest BCUT2D eigenvalue weighted by atomic mass is 79.9. The summed E-state index contributed by atoms with van der Waals surface area (Å²) in [4.78, 5) is 0. The molecule has 114 valence electrons. The van der Waals surface area contributed by atoms with Gasteiger partial charge in [-0.15, -0.1) is 0 Å². The summed E-state index contributed by atoms with van der Waals surface area (Å²) in [5.41, 5.74) is 0.963. The molecule has 0 fully saturated rings. The van der Waals surface area contributed by atoms with Crippen LogP contribution in [-0.4, -0.2) is 19.3 Å². The van der Waals surface area contributed by atoms with Gasteiger partial charge in [0.15, 0.2) is 0 Å². The van der Waals surface area contributed by atoms with Crippen LogP contribution in [0.1, 0.15) is 51.6 Å². The van der Waals surface area contributed by atoms with Crippen molar-refractivity contribution in [2.24, 2.45) is 0 Å². The van der Waals surface area contributed by atoms with Gasteiger partial charge < -0.3 is 10.1 Å². The summed E-state index contributed by atoms with van der Waals surface area (Å²) in [6, 6.07) is 5.10. The first-order valence-electron chi connectivity index (χ1n) is 7.13. The molecule has 0 saturated heterocycles. The lowest BCUT2D eigenvalue weighted by atomic mass is 9.94. The number of hydrogen-bond acceptors (Lipinski definition) is 2. The topological polar surface area (TPSA) is 21.3 Å². The molecule has 1 atom stereocenters. The first-order valence-corrected chi connectivity index (χ1v) is 7.92. The molecule has 1 unspecified atom stereocenters. The Kier molecular flexibility index (Phi) is 7.13. The molecule has 1 aromatic rings. The van der Waals surface area contributed by atoms with Crippen molar-refractivity contribution in [1.29, 1.82) is 0 Å². The molecule has 0 spiro atoms. The zero-order chi connectivity index (χ0) is 15.2. The lowest BCUT2D eigenvalue weighted by molar-refractivity contribution is 0.0116. The number of nitrogens with one attached hydrogen (secondary N) is 1. The van der Waals surface area contributed by atoms with Crippen LogP contribution in [0.2, 0.25) is 0 Å². The second-order valence-electron chi connectivity index (χ2n) is 5.68. The molecule has 1 N–H and O–H groups in total. The van der Waals surface area contributed by atoms with E-state index in [4.69, 9.17) is 4.74 Å². The van der Waals surface area contributed by atoms with E-state index in [0.717, 1.165) is 35.8 Å². The second-order valence-corrected chi connectivity index (χ2v) is 6.53. The molecule has 0 aliphatic rings. The Labute approximate surface area is 130 Å². The molecule has 0 amide bonds. The van der Waals surface area contributed by atoms with Gasteiger partial charge in [0.2, 0.25) is 0 Å². The van der Waals surface area contributed by atoms with Crippen LogP contribution in [0.4, 0.5) is 4.39 Å². The third-order valence-corrected chi connectivity index (χ3v) is 4.25. The monoisotopic (exact) mass is 345 g/mol. The number of halogens is 2. The van der Waals surface area contributed by atoms with E-state index in [1.807, 2.05) is 6.07 Å². The molecule has 0 radical (unpaired) electrons. The molecule has 0 aromatic heterocycles. The van der Waals surface area contributed by atoms with Gasteiger partial charge in [0.05, 0.1) is 5.60 Å². The van der Waals surface area contributed by atoms with E-state index in [9.17, 15) is 4.39 Å². The predicted molar refractivity (Wildman–Crippen MR) is 85.5 cm³/mol. The fraction of sp³-hybridized carbons (Fsp3) is 0.625. The van der Waals surface area contributed by atoms with Gasteiger partial charge in [-0.2, -0.15) is 0 Å². The Bertz CT molecular complexity index is 423. The average molecular weight is 346 g/mol. The average Bonchev–Trinajstić information content (AvgIpc) is 2.40. The maximum Gasteiger partial charge on any atom is 0.124 e. The quantitative estimate of drug-likeness (QED) is 0.728. The molecule has 1 aromatic carbocycles. The fourth-order valence-electron chi connectivity index (χ4n) is 2.06. The molecule has 0 bridgehead atoms. The Hall–Kier alpha value is -0.450. The van der Waals surface area contributed by atoms with Crippen molar-refractivity contribution < 1.29 is 9.13 Å². The number of hydrogen-bond donors (Lipinski definition) is 1. The van der Waals surface area contributed by atoms with Crippen LogP contribution in [0, 0.1) is 5.82 Å². The maximum absolute atomic E-state index is 13.2. The Morgan fingerprint density at radius 1 is 1.40 bits per heavy atom. The minimum atomic E-state index is -0.216. The van der Waals surface area contributed by atoms with Gasteiger partial charge in [0.1, 0.15) is 5.82 Å². The Balaban J connectivity index is 2.82. The van der Waals surface area contributed by atoms with Crippen LogP contribution in [0.15, 0.2) is 22.7 Å². The smallest absolute Gasteiger partial charge is 0.124 e. The van der Waals surface area contributed by atoms with Crippen molar-refractivity contribution in [3.8, 4) is 0 Å². The van der Waals surface area contributed by atoms with Crippen LogP contribution >= 0.6 is 15.9 Å². The lowest BCUT2D eigenvalue weighted by Crippen LogP contribution is -2.28. The molecule has 0 saturated carbocycles. The summed E-state index contributed by atoms with van der Waals surface area (Å²) in [5.74, 6) is -0.216. The fourth-order valence-corrected chi connectivity index (χ4v) is 2.69. The van der Waals surface area contributed by atoms with Gasteiger partial charge in [-0.3, -0.25) is 0 Å². The molecule has 2 nitrogen and oxygen atoms in total. The summed E-state index contributed by atoms with van der Waals surface area (Å²) >= 11 is 3.47. The van der Waals surface area contributed by atoms with E-state index in [1.54, 1.807) is 7.11 Å². The summed E-state index contributed by atoms with van der Waals surface area (Å²) in [6.45, 7) is 7.26. The Morgan fingerprint density at radius 2 is 2.10 bits per heavy atom. The zero-order valence-electron chi connectivity index (χ0n) is 12.8. The normalized spacial score (nSPS) is 13.5. The molecule has 0 aliphatic carbocycles. The highest BCUT2D eigenvalue weighted by molar-refractivity contribution is 9.10. The third kappa shape index (κ3) is 5.51. The van der Waals surface area contributed by atoms with Crippen molar-refractivity contribution in [3.05, 3.63) is 34.1 Å². The second kappa shape index (κ2) is 8.11. The van der Waals surface area contributed by atoms with Crippen LogP contribution in [0.3, 0.4) is 0 Å². The summed E-state index contributed by atoms with van der Waals surface area (Å²) in [6.07, 6.45) is 2.96. The largest absolute Gasteiger partial charge is 0.379 e. The zero-order valence-corrected chi connectivity index (χ0v) is 14.4. The SMILES string of the molecule is CCCNC(CCC(C)(C)OC)c1ccc(F)cc1Br. The first kappa shape index (κ1) is 17.6. The van der Waals surface area contributed by atoms with E-state index in [0.29, 0.717) is 0 Å². The Morgan fingerprint density at radius 3 is 2.65 bits per heavy atom. The molecule has 4 heteroatoms. The predicted octanol–water partition coefficient (Wildman–Crippen LogP) is 4.83. The molecule has 0 aliphatic heterocycles. The van der Waals surface area contributed by atoms with E-state index in [-0.39, 0.29) is 17.5 Å². The highest BCUT2D eigenvalue weighted by Gasteiger charge is 2.21. The van der Waals surface area contributed by atoms with Crippen LogP contribution in [-0.2, 0) is 4.74 Å². The minimum absolute atomic E-state index is 0.140. The number of methoxy groups -OCH3 is 1. The molecular weight excluding hydrogens is 321 g/mol. The molecule has 20 heavy (non-hydrogen) atoms. The van der Waals surface area contributed by atoms with Gasteiger partial charge in [-0.1, -0.05) is 28.9 Å². The molecule has 0 heterocycles. The molecule has 1 rings (SSSR count). The number of ether oxygens (including phenoxy) is 1. The van der Waals surface area contributed by atoms with Gasteiger partial charge in [-0.25, -0.2) is 4.39 Å². The maximum atomic E-state index is 13.2. The van der Waals surface area contributed by atoms with Crippen molar-refractivity contribution in [2.45, 2.75) is 51.7 Å². The highest BCUT2D eigenvalue weighted by Crippen LogP contribution is 2.30. The van der Waals surface area contributed by atoms with Crippen LogP contribution in [0.25, 0.3) is 0 Å². The summed E-state index contributed by atoms with van der Waals surface area (Å²) < 4.78 is 19.5. The standard InChI is InChI=1S/C16H25BrFNO/c1-5-10-19-15(8-9-16(2,3)20-4)13-7-6-12(18)11-14(13)17/h6-7,11,15,19H,5,8-10H2,1-4H3. The van der Waals surface area contributed by atoms with E-state index < -0.39 is 0 Å². The van der Waals surface area contributed by atoms with Gasteiger partial charge in [0, 0.05) is 17.6 Å². The van der Waals surface area contributed by atoms with E-state index in [1.165, 1.54) is 12.1 Å². The third-order valence-electron chi connectivity index (χ3n) is 3.57. The van der Waals surface area contributed by atoms with E-state index in [2.05, 4.69) is 42.0 Å². The lowest BCUT2D eigenvalue weighted by Gasteiger charge is -2.27. The first-order chi connectivity index (χ1) is 9.39. The minimum Gasteiger partial charge on any atom is -0.379 e. The van der Waals surface area contributed by atoms with Gasteiger partial charge in [0.25, 0.3) is 0 Å². The van der Waals surface area contributed by atoms with E-state index >= 15 is 0 Å². The van der Waals surface area contributed by atoms with Gasteiger partial charge >= 0.3 is 0 Å². The van der Waals surface area contributed by atoms with Crippen molar-refractivity contribution in [2.75, 3.05) is 13.7 Å². The van der Waals surface area contributed by atoms with Crippen molar-refractivity contribution in [1.82, 2.24) is 5.32 Å². The number of benzene rings is 1. The van der Waals surface area contributed by atoms with Crippen molar-refractivity contribution in [3.63, 3.8) is 0 Å². The molecular formula is C16H25BrFNO. The van der Waals surface area contributed by atoms with Crippen LogP contribution in [0.5, 0.6) is 0 Å². The van der Waals surface area contributed by atoms with Gasteiger partial charge in [-0.05, 0) is 57.4 Å². The number of rotatable bonds is 8. The summed E-state index contributed by atoms with van der Waals surface area (Å²) in [5, 5.41) is 3.53. The van der Waals surface area contributed by atoms with Crippen LogP contribution < -0.4 is 5.32 Å². The van der Waals surface area contributed by atoms with Crippen molar-refractivity contribution >= 4 is 15.9 Å². The summed E-state index contributed by atoms with van der Waals surface area (Å²) in [7, 11) is 1.74.